The molecule has 1 heterocycles. The molecule has 1 fully saturated rings. The van der Waals surface area contributed by atoms with Gasteiger partial charge in [-0.1, -0.05) is 0 Å². The largest absolute Gasteiger partial charge is 0.401 e. The Hall–Kier alpha value is -2.59. The Bertz CT molecular complexity index is 645. The molecule has 1 unspecified atom stereocenters. The Balaban J connectivity index is 2.06. The van der Waals surface area contributed by atoms with E-state index in [2.05, 4.69) is 16.4 Å². The van der Waals surface area contributed by atoms with Crippen LogP contribution in [0.25, 0.3) is 0 Å². The monoisotopic (exact) mass is 342 g/mol. The number of carbonyl (C=O) groups is 1. The van der Waals surface area contributed by atoms with E-state index in [9.17, 15) is 4.79 Å². The Morgan fingerprint density at radius 3 is 2.88 bits per heavy atom. The smallest absolute Gasteiger partial charge is 0.120 e. The number of hydrazine groups is 1. The highest BCUT2D eigenvalue weighted by molar-refractivity contribution is 5.69. The van der Waals surface area contributed by atoms with Crippen LogP contribution < -0.4 is 21.9 Å². The van der Waals surface area contributed by atoms with Crippen LogP contribution in [0.5, 0.6) is 0 Å². The number of aromatic nitrogens is 1. The van der Waals surface area contributed by atoms with Gasteiger partial charge in [0.25, 0.3) is 0 Å². The summed E-state index contributed by atoms with van der Waals surface area (Å²) in [7, 11) is 0. The van der Waals surface area contributed by atoms with Crippen molar-refractivity contribution in [1.29, 1.82) is 5.26 Å². The summed E-state index contributed by atoms with van der Waals surface area (Å²) in [5.74, 6) is 6.92. The fourth-order valence-electron chi connectivity index (χ4n) is 3.18. The number of hydrogen-bond acceptors (Lipinski definition) is 7. The van der Waals surface area contributed by atoms with Gasteiger partial charge in [0, 0.05) is 24.5 Å². The first-order valence-electron chi connectivity index (χ1n) is 8.60. The van der Waals surface area contributed by atoms with Crippen molar-refractivity contribution in [3.63, 3.8) is 0 Å². The second kappa shape index (κ2) is 9.04. The van der Waals surface area contributed by atoms with E-state index in [1.807, 2.05) is 0 Å². The van der Waals surface area contributed by atoms with Gasteiger partial charge in [-0.05, 0) is 50.5 Å². The summed E-state index contributed by atoms with van der Waals surface area (Å²) in [6.07, 6.45) is 10.6. The maximum Gasteiger partial charge on any atom is 0.120 e. The van der Waals surface area contributed by atoms with E-state index in [1.165, 1.54) is 5.01 Å². The van der Waals surface area contributed by atoms with E-state index in [0.29, 0.717) is 18.0 Å². The molecule has 2 rings (SSSR count). The average molecular weight is 342 g/mol. The van der Waals surface area contributed by atoms with Gasteiger partial charge in [-0.25, -0.2) is 5.84 Å². The van der Waals surface area contributed by atoms with E-state index >= 15 is 0 Å². The molecule has 0 bridgehead atoms. The number of carbonyl (C=O) groups excluding carboxylic acids is 1. The predicted octanol–water partition coefficient (Wildman–Crippen LogP) is 2.28. The van der Waals surface area contributed by atoms with Crippen molar-refractivity contribution < 1.29 is 4.79 Å². The van der Waals surface area contributed by atoms with Crippen LogP contribution in [0.4, 0.5) is 11.4 Å². The van der Waals surface area contributed by atoms with Gasteiger partial charge in [-0.2, -0.15) is 5.26 Å². The molecular weight excluding hydrogens is 316 g/mol. The lowest BCUT2D eigenvalue weighted by Gasteiger charge is -2.28. The summed E-state index contributed by atoms with van der Waals surface area (Å²) in [5.41, 5.74) is 8.37. The van der Waals surface area contributed by atoms with Crippen molar-refractivity contribution in [2.75, 3.05) is 10.3 Å². The minimum Gasteiger partial charge on any atom is -0.401 e. The van der Waals surface area contributed by atoms with Crippen LogP contribution in [0.15, 0.2) is 30.4 Å². The highest BCUT2D eigenvalue weighted by Gasteiger charge is 2.23. The fourth-order valence-corrected chi connectivity index (χ4v) is 3.18. The highest BCUT2D eigenvalue weighted by Crippen LogP contribution is 2.33. The molecule has 134 valence electrons. The van der Waals surface area contributed by atoms with Crippen LogP contribution in [-0.2, 0) is 4.79 Å². The molecule has 1 saturated carbocycles. The van der Waals surface area contributed by atoms with E-state index in [-0.39, 0.29) is 12.0 Å². The SMILES string of the molecule is CC(C#N)Nc1ccncc1N(N)/C=C(\N)C1CCC(CC=O)CC1. The molecule has 1 aliphatic rings. The van der Waals surface area contributed by atoms with Crippen molar-refractivity contribution in [3.05, 3.63) is 30.4 Å². The lowest BCUT2D eigenvalue weighted by molar-refractivity contribution is -0.108. The second-order valence-electron chi connectivity index (χ2n) is 6.54. The summed E-state index contributed by atoms with van der Waals surface area (Å²) in [6.45, 7) is 1.77. The lowest BCUT2D eigenvalue weighted by atomic mass is 9.79. The number of nitrogens with zero attached hydrogens (tertiary/aromatic N) is 3. The van der Waals surface area contributed by atoms with E-state index < -0.39 is 0 Å². The zero-order valence-electron chi connectivity index (χ0n) is 14.6. The Morgan fingerprint density at radius 1 is 1.52 bits per heavy atom. The zero-order chi connectivity index (χ0) is 18.2. The number of nitrogens with two attached hydrogens (primary N) is 2. The third-order valence-electron chi connectivity index (χ3n) is 4.68. The third kappa shape index (κ3) is 5.19. The number of nitrogens with one attached hydrogen (secondary N) is 1. The normalized spacial score (nSPS) is 21.9. The van der Waals surface area contributed by atoms with Gasteiger partial charge in [-0.3, -0.25) is 9.99 Å². The number of hydrogen-bond donors (Lipinski definition) is 3. The first kappa shape index (κ1) is 18.7. The van der Waals surface area contributed by atoms with Crippen molar-refractivity contribution in [2.24, 2.45) is 23.4 Å². The first-order chi connectivity index (χ1) is 12.0. The molecule has 0 spiro atoms. The summed E-state index contributed by atoms with van der Waals surface area (Å²) < 4.78 is 0. The number of allylic oxidation sites excluding steroid dienone is 1. The Morgan fingerprint density at radius 2 is 2.24 bits per heavy atom. The molecule has 1 aliphatic carbocycles. The van der Waals surface area contributed by atoms with Crippen LogP contribution in [-0.4, -0.2) is 17.3 Å². The molecule has 7 heteroatoms. The zero-order valence-corrected chi connectivity index (χ0v) is 14.6. The predicted molar refractivity (Wildman–Crippen MR) is 98.0 cm³/mol. The van der Waals surface area contributed by atoms with Crippen molar-refractivity contribution >= 4 is 17.7 Å². The maximum atomic E-state index is 10.6. The molecule has 25 heavy (non-hydrogen) atoms. The van der Waals surface area contributed by atoms with Crippen LogP contribution in [0, 0.1) is 23.2 Å². The Labute approximate surface area is 148 Å². The molecule has 7 nitrogen and oxygen atoms in total. The van der Waals surface area contributed by atoms with Crippen molar-refractivity contribution in [3.8, 4) is 6.07 Å². The van der Waals surface area contributed by atoms with E-state index in [1.54, 1.807) is 31.6 Å². The first-order valence-corrected chi connectivity index (χ1v) is 8.60. The van der Waals surface area contributed by atoms with Gasteiger partial charge in [0.1, 0.15) is 12.3 Å². The van der Waals surface area contributed by atoms with Gasteiger partial charge in [0.2, 0.25) is 0 Å². The van der Waals surface area contributed by atoms with Gasteiger partial charge in [-0.15, -0.1) is 0 Å². The number of anilines is 2. The molecule has 1 aromatic rings. The Kier molecular flexibility index (Phi) is 6.78. The number of aldehydes is 1. The molecule has 1 atom stereocenters. The molecule has 0 radical (unpaired) electrons. The topological polar surface area (TPSA) is 121 Å². The van der Waals surface area contributed by atoms with Crippen LogP contribution >= 0.6 is 0 Å². The number of rotatable bonds is 7. The van der Waals surface area contributed by atoms with E-state index in [0.717, 1.165) is 43.4 Å². The van der Waals surface area contributed by atoms with Gasteiger partial charge >= 0.3 is 0 Å². The minimum absolute atomic E-state index is 0.278. The second-order valence-corrected chi connectivity index (χ2v) is 6.54. The van der Waals surface area contributed by atoms with Crippen molar-refractivity contribution in [1.82, 2.24) is 4.98 Å². The van der Waals surface area contributed by atoms with Gasteiger partial charge in [0.15, 0.2) is 0 Å². The third-order valence-corrected chi connectivity index (χ3v) is 4.68. The van der Waals surface area contributed by atoms with Crippen LogP contribution in [0.1, 0.15) is 39.0 Å². The maximum absolute atomic E-state index is 10.6. The fraction of sp³-hybridized carbons (Fsp3) is 0.500. The van der Waals surface area contributed by atoms with Gasteiger partial charge in [0.05, 0.1) is 23.6 Å². The summed E-state index contributed by atoms with van der Waals surface area (Å²) >= 11 is 0. The molecule has 0 aliphatic heterocycles. The minimum atomic E-state index is -0.344. The quantitative estimate of drug-likeness (QED) is 0.395. The standard InChI is InChI=1S/C18H26N6O/c1-13(10-19)23-17-6-8-22-11-18(17)24(21)12-16(20)15-4-2-14(3-5-15)7-9-25/h6,8-9,11-15H,2-5,7,20-21H2,1H3,(H,22,23)/b16-12-. The number of pyridine rings is 1. The molecule has 0 aromatic carbocycles. The molecular formula is C18H26N6O. The number of nitriles is 1. The lowest BCUT2D eigenvalue weighted by Crippen LogP contribution is -2.30. The van der Waals surface area contributed by atoms with Crippen LogP contribution in [0.2, 0.25) is 0 Å². The highest BCUT2D eigenvalue weighted by atomic mass is 16.1. The van der Waals surface area contributed by atoms with Crippen molar-refractivity contribution in [2.45, 2.75) is 45.1 Å². The summed E-state index contributed by atoms with van der Waals surface area (Å²) in [6, 6.07) is 3.56. The average Bonchev–Trinajstić information content (AvgIpc) is 2.62. The molecule has 1 aromatic heterocycles. The summed E-state index contributed by atoms with van der Waals surface area (Å²) in [5, 5.41) is 13.5. The van der Waals surface area contributed by atoms with Gasteiger partial charge < -0.3 is 15.8 Å². The van der Waals surface area contributed by atoms with E-state index in [4.69, 9.17) is 16.8 Å². The molecule has 0 amide bonds. The summed E-state index contributed by atoms with van der Waals surface area (Å²) in [4.78, 5) is 14.7. The molecule has 0 saturated heterocycles. The van der Waals surface area contributed by atoms with Crippen LogP contribution in [0.3, 0.4) is 0 Å². The molecule has 5 N–H and O–H groups in total.